The van der Waals surface area contributed by atoms with E-state index >= 15 is 0 Å². The van der Waals surface area contributed by atoms with Crippen molar-refractivity contribution in [3.05, 3.63) is 54.5 Å². The quantitative estimate of drug-likeness (QED) is 0.432. The van der Waals surface area contributed by atoms with E-state index in [4.69, 9.17) is 0 Å². The van der Waals surface area contributed by atoms with Gasteiger partial charge in [0.05, 0.1) is 24.6 Å². The maximum Gasteiger partial charge on any atom is 0.434 e. The zero-order valence-electron chi connectivity index (χ0n) is 17.0. The lowest BCUT2D eigenvalue weighted by Crippen LogP contribution is -2.58. The molecule has 5 rings (SSSR count). The number of rotatable bonds is 3. The van der Waals surface area contributed by atoms with Crippen LogP contribution in [0.25, 0.3) is 17.2 Å². The number of H-pyrrole nitrogens is 1. The highest BCUT2D eigenvalue weighted by Gasteiger charge is 2.45. The van der Waals surface area contributed by atoms with Gasteiger partial charge < -0.3 is 4.90 Å². The van der Waals surface area contributed by atoms with Crippen LogP contribution in [0, 0.1) is 0 Å². The molecule has 9 nitrogen and oxygen atoms in total. The smallest absolute Gasteiger partial charge is 0.353 e. The van der Waals surface area contributed by atoms with Gasteiger partial charge in [-0.25, -0.2) is 19.9 Å². The van der Waals surface area contributed by atoms with Gasteiger partial charge in [-0.3, -0.25) is 14.8 Å². The van der Waals surface area contributed by atoms with Crippen LogP contribution in [0.1, 0.15) is 17.3 Å². The number of imidazole rings is 1. The van der Waals surface area contributed by atoms with E-state index in [2.05, 4.69) is 35.5 Å². The number of nitrogens with one attached hydrogen (secondary N) is 2. The van der Waals surface area contributed by atoms with E-state index in [9.17, 15) is 26.3 Å². The molecule has 4 aromatic heterocycles. The first-order valence-electron chi connectivity index (χ1n) is 9.90. The minimum atomic E-state index is -4.67. The fourth-order valence-corrected chi connectivity index (χ4v) is 3.75. The van der Waals surface area contributed by atoms with Gasteiger partial charge in [-0.05, 0) is 6.07 Å². The molecule has 0 saturated carbocycles. The number of fused-ring (bicyclic) bond motifs is 1. The summed E-state index contributed by atoms with van der Waals surface area (Å²) in [7, 11) is 0. The molecule has 1 aliphatic rings. The highest BCUT2D eigenvalue weighted by atomic mass is 19.4. The Hall–Kier alpha value is -3.75. The highest BCUT2D eigenvalue weighted by molar-refractivity contribution is 5.58. The van der Waals surface area contributed by atoms with Crippen molar-refractivity contribution >= 4 is 11.5 Å². The zero-order chi connectivity index (χ0) is 24.1. The summed E-state index contributed by atoms with van der Waals surface area (Å²) in [6.45, 7) is -0.262. The first-order valence-corrected chi connectivity index (χ1v) is 9.90. The average molecular weight is 483 g/mol. The van der Waals surface area contributed by atoms with E-state index in [0.717, 1.165) is 16.8 Å². The Bertz CT molecular complexity index is 1300. The third-order valence-electron chi connectivity index (χ3n) is 5.41. The largest absolute Gasteiger partial charge is 0.434 e. The predicted octanol–water partition coefficient (Wildman–Crippen LogP) is 3.01. The summed E-state index contributed by atoms with van der Waals surface area (Å²) in [5.41, 5.74) is -0.314. The van der Waals surface area contributed by atoms with Gasteiger partial charge in [0.25, 0.3) is 0 Å². The van der Waals surface area contributed by atoms with Crippen LogP contribution in [0.4, 0.5) is 32.2 Å². The van der Waals surface area contributed by atoms with Crippen LogP contribution >= 0.6 is 0 Å². The van der Waals surface area contributed by atoms with E-state index in [-0.39, 0.29) is 29.5 Å². The minimum absolute atomic E-state index is 0.00581. The van der Waals surface area contributed by atoms with Crippen molar-refractivity contribution in [3.63, 3.8) is 0 Å². The van der Waals surface area contributed by atoms with Crippen molar-refractivity contribution < 1.29 is 26.3 Å². The van der Waals surface area contributed by atoms with Crippen molar-refractivity contribution in [3.8, 4) is 11.5 Å². The molecule has 15 heteroatoms. The summed E-state index contributed by atoms with van der Waals surface area (Å²) in [6, 6.07) is -1.08. The minimum Gasteiger partial charge on any atom is -0.353 e. The Morgan fingerprint density at radius 2 is 1.79 bits per heavy atom. The van der Waals surface area contributed by atoms with Crippen molar-refractivity contribution in [2.75, 3.05) is 18.0 Å². The fraction of sp³-hybridized carbons (Fsp3) is 0.316. The second-order valence-electron chi connectivity index (χ2n) is 7.63. The van der Waals surface area contributed by atoms with Gasteiger partial charge >= 0.3 is 12.4 Å². The van der Waals surface area contributed by atoms with Crippen LogP contribution in [0.2, 0.25) is 0 Å². The molecule has 0 spiro atoms. The maximum absolute atomic E-state index is 13.6. The monoisotopic (exact) mass is 483 g/mol. The highest BCUT2D eigenvalue weighted by Crippen LogP contribution is 2.31. The number of piperazine rings is 1. The van der Waals surface area contributed by atoms with Crippen LogP contribution in [-0.4, -0.2) is 59.8 Å². The van der Waals surface area contributed by atoms with Crippen LogP contribution in [-0.2, 0) is 6.18 Å². The molecule has 178 valence electrons. The maximum atomic E-state index is 13.6. The molecule has 2 unspecified atom stereocenters. The van der Waals surface area contributed by atoms with E-state index in [1.54, 1.807) is 0 Å². The van der Waals surface area contributed by atoms with Crippen molar-refractivity contribution in [2.45, 2.75) is 24.4 Å². The second kappa shape index (κ2) is 7.93. The van der Waals surface area contributed by atoms with Crippen molar-refractivity contribution in [2.24, 2.45) is 0 Å². The van der Waals surface area contributed by atoms with Crippen LogP contribution in [0.5, 0.6) is 0 Å². The van der Waals surface area contributed by atoms with E-state index in [0.29, 0.717) is 5.56 Å². The molecule has 2 N–H and O–H groups in total. The molecule has 0 bridgehead atoms. The first-order chi connectivity index (χ1) is 16.1. The summed E-state index contributed by atoms with van der Waals surface area (Å²) in [5.74, 6) is 0.195. The Morgan fingerprint density at radius 1 is 0.971 bits per heavy atom. The van der Waals surface area contributed by atoms with E-state index in [1.807, 2.05) is 0 Å². The fourth-order valence-electron chi connectivity index (χ4n) is 3.75. The van der Waals surface area contributed by atoms with Gasteiger partial charge in [-0.2, -0.15) is 31.4 Å². The first kappa shape index (κ1) is 22.1. The number of alkyl halides is 6. The third-order valence-corrected chi connectivity index (χ3v) is 5.41. The lowest BCUT2D eigenvalue weighted by molar-refractivity contribution is -0.158. The van der Waals surface area contributed by atoms with Crippen LogP contribution in [0.15, 0.2) is 43.2 Å². The van der Waals surface area contributed by atoms with Gasteiger partial charge in [0.2, 0.25) is 0 Å². The van der Waals surface area contributed by atoms with Crippen LogP contribution in [0.3, 0.4) is 0 Å². The van der Waals surface area contributed by atoms with Gasteiger partial charge in [-0.1, -0.05) is 0 Å². The van der Waals surface area contributed by atoms with Gasteiger partial charge in [0.15, 0.2) is 17.2 Å². The normalized spacial score (nSPS) is 19.6. The number of halogens is 6. The van der Waals surface area contributed by atoms with E-state index in [1.165, 1.54) is 35.8 Å². The van der Waals surface area contributed by atoms with Crippen molar-refractivity contribution in [1.82, 2.24) is 39.9 Å². The molecule has 2 atom stereocenters. The number of aromatic nitrogens is 7. The van der Waals surface area contributed by atoms with E-state index < -0.39 is 36.7 Å². The Labute approximate surface area is 186 Å². The molecule has 1 fully saturated rings. The Kier molecular flexibility index (Phi) is 5.15. The van der Waals surface area contributed by atoms with Crippen LogP contribution < -0.4 is 10.2 Å². The Morgan fingerprint density at radius 3 is 2.50 bits per heavy atom. The lowest BCUT2D eigenvalue weighted by atomic mass is 10.0. The third kappa shape index (κ3) is 4.13. The molecule has 0 aliphatic carbocycles. The number of hydrogen-bond donors (Lipinski definition) is 2. The molecule has 1 aliphatic heterocycles. The van der Waals surface area contributed by atoms with Gasteiger partial charge in [0, 0.05) is 37.2 Å². The molecule has 4 aromatic rings. The number of anilines is 1. The molecule has 1 saturated heterocycles. The zero-order valence-corrected chi connectivity index (χ0v) is 17.0. The summed E-state index contributed by atoms with van der Waals surface area (Å²) in [4.78, 5) is 17.3. The molecular formula is C19H15F6N9. The average Bonchev–Trinajstić information content (AvgIpc) is 3.47. The topological polar surface area (TPSA) is 99.9 Å². The second-order valence-corrected chi connectivity index (χ2v) is 7.63. The molecule has 0 aromatic carbocycles. The SMILES string of the molecule is FC(F)(F)c1cn2c(-c3nccc(N4CC(c5cn[nH]c5)NC(C(F)(F)F)C4)n3)cnc2cn1. The Balaban J connectivity index is 1.51. The lowest BCUT2D eigenvalue weighted by Gasteiger charge is -2.40. The molecule has 34 heavy (non-hydrogen) atoms. The summed E-state index contributed by atoms with van der Waals surface area (Å²) >= 11 is 0. The molecule has 5 heterocycles. The summed E-state index contributed by atoms with van der Waals surface area (Å²) in [5, 5.41) is 8.97. The number of nitrogens with zero attached hydrogens (tertiary/aromatic N) is 7. The predicted molar refractivity (Wildman–Crippen MR) is 106 cm³/mol. The van der Waals surface area contributed by atoms with Gasteiger partial charge in [0.1, 0.15) is 17.6 Å². The standard InChI is InChI=1S/C19H15F6N9/c20-18(21,22)13-9-34-12(5-28-16(34)6-27-13)17-26-2-1-15(32-17)33-7-11(10-3-29-30-4-10)31-14(8-33)19(23,24)25/h1-6,9,11,14,31H,7-8H2,(H,29,30). The molecular weight excluding hydrogens is 468 g/mol. The number of hydrogen-bond acceptors (Lipinski definition) is 7. The molecule has 0 radical (unpaired) electrons. The summed E-state index contributed by atoms with van der Waals surface area (Å²) < 4.78 is 81.3. The number of aromatic amines is 1. The van der Waals surface area contributed by atoms with Crippen molar-refractivity contribution in [1.29, 1.82) is 0 Å². The van der Waals surface area contributed by atoms with Gasteiger partial charge in [-0.15, -0.1) is 0 Å². The summed E-state index contributed by atoms with van der Waals surface area (Å²) in [6.07, 6.45) is -1.90. The molecule has 0 amide bonds.